The summed E-state index contributed by atoms with van der Waals surface area (Å²) in [5, 5.41) is 3.39. The summed E-state index contributed by atoms with van der Waals surface area (Å²) in [7, 11) is -4.20. The Morgan fingerprint density at radius 2 is 1.71 bits per heavy atom. The number of allylic oxidation sites excluding steroid dienone is 1. The highest BCUT2D eigenvalue weighted by Crippen LogP contribution is 2.33. The SMILES string of the molecule is CC(C)C(=O)N1Cc2ccccc2CC1CN1CCN(c2ccc(C(=O)NS(=O)(=O)c3ccc(NCC4CCOCC4)cc3)c(Oc3cnc4c(c3)C=CC4)c2)CC1. The molecule has 0 radical (unpaired) electrons. The van der Waals surface area contributed by atoms with E-state index >= 15 is 0 Å². The number of fused-ring (bicyclic) bond motifs is 2. The second-order valence-electron chi connectivity index (χ2n) is 16.0. The fourth-order valence-electron chi connectivity index (χ4n) is 8.29. The Morgan fingerprint density at radius 3 is 2.47 bits per heavy atom. The van der Waals surface area contributed by atoms with E-state index in [0.717, 1.165) is 101 Å². The van der Waals surface area contributed by atoms with E-state index in [2.05, 4.69) is 47.9 Å². The van der Waals surface area contributed by atoms with Gasteiger partial charge in [-0.3, -0.25) is 19.5 Å². The molecule has 0 bridgehead atoms. The summed E-state index contributed by atoms with van der Waals surface area (Å²) in [4.78, 5) is 38.4. The number of rotatable bonds is 12. The number of hydrogen-bond acceptors (Lipinski definition) is 10. The van der Waals surface area contributed by atoms with Gasteiger partial charge >= 0.3 is 0 Å². The molecular weight excluding hydrogens is 753 g/mol. The number of amides is 2. The summed E-state index contributed by atoms with van der Waals surface area (Å²) < 4.78 is 41.1. The van der Waals surface area contributed by atoms with E-state index in [4.69, 9.17) is 9.47 Å². The van der Waals surface area contributed by atoms with Crippen LogP contribution in [0.15, 0.2) is 90.0 Å². The second-order valence-corrected chi connectivity index (χ2v) is 17.7. The molecule has 0 saturated carbocycles. The Balaban J connectivity index is 0.963. The van der Waals surface area contributed by atoms with Crippen molar-refractivity contribution in [3.63, 3.8) is 0 Å². The Morgan fingerprint density at radius 1 is 0.948 bits per heavy atom. The number of aromatic nitrogens is 1. The van der Waals surface area contributed by atoms with E-state index in [1.807, 2.05) is 44.2 Å². The molecule has 1 aromatic heterocycles. The number of nitrogens with zero attached hydrogens (tertiary/aromatic N) is 4. The maximum Gasteiger partial charge on any atom is 0.268 e. The van der Waals surface area contributed by atoms with Crippen LogP contribution in [0.5, 0.6) is 11.5 Å². The Labute approximate surface area is 341 Å². The number of piperazine rings is 1. The fourth-order valence-corrected chi connectivity index (χ4v) is 9.26. The second kappa shape index (κ2) is 17.3. The predicted molar refractivity (Wildman–Crippen MR) is 225 cm³/mol. The molecule has 2 amide bonds. The van der Waals surface area contributed by atoms with Crippen molar-refractivity contribution in [3.05, 3.63) is 113 Å². The molecule has 2 saturated heterocycles. The molecule has 0 spiro atoms. The van der Waals surface area contributed by atoms with Crippen molar-refractivity contribution in [2.45, 2.75) is 57.0 Å². The van der Waals surface area contributed by atoms with Crippen LogP contribution >= 0.6 is 0 Å². The topological polar surface area (TPSA) is 133 Å². The number of ether oxygens (including phenoxy) is 2. The van der Waals surface area contributed by atoms with E-state index in [1.54, 1.807) is 30.5 Å². The lowest BCUT2D eigenvalue weighted by Gasteiger charge is -2.43. The summed E-state index contributed by atoms with van der Waals surface area (Å²) in [6.07, 6.45) is 9.22. The average Bonchev–Trinajstić information content (AvgIpc) is 3.71. The number of pyridine rings is 1. The van der Waals surface area contributed by atoms with Gasteiger partial charge in [0.25, 0.3) is 15.9 Å². The van der Waals surface area contributed by atoms with Crippen LogP contribution in [0.1, 0.15) is 59.4 Å². The first-order chi connectivity index (χ1) is 28.1. The number of carbonyl (C=O) groups excluding carboxylic acids is 2. The molecule has 304 valence electrons. The van der Waals surface area contributed by atoms with Gasteiger partial charge in [-0.2, -0.15) is 0 Å². The van der Waals surface area contributed by atoms with Crippen LogP contribution in [0.25, 0.3) is 6.08 Å². The molecule has 3 aromatic carbocycles. The zero-order chi connectivity index (χ0) is 40.2. The van der Waals surface area contributed by atoms with Crippen molar-refractivity contribution in [1.82, 2.24) is 19.5 Å². The maximum atomic E-state index is 13.8. The highest BCUT2D eigenvalue weighted by atomic mass is 32.2. The molecule has 58 heavy (non-hydrogen) atoms. The first-order valence-electron chi connectivity index (χ1n) is 20.4. The van der Waals surface area contributed by atoms with Gasteiger partial charge in [0.05, 0.1) is 22.3 Å². The smallest absolute Gasteiger partial charge is 0.268 e. The normalized spacial score (nSPS) is 18.5. The van der Waals surface area contributed by atoms with Crippen molar-refractivity contribution in [1.29, 1.82) is 0 Å². The number of hydrogen-bond donors (Lipinski definition) is 2. The van der Waals surface area contributed by atoms with Gasteiger partial charge < -0.3 is 24.6 Å². The largest absolute Gasteiger partial charge is 0.455 e. The molecule has 13 heteroatoms. The Bertz CT molecular complexity index is 2270. The summed E-state index contributed by atoms with van der Waals surface area (Å²) in [5.41, 5.74) is 6.18. The van der Waals surface area contributed by atoms with Gasteiger partial charge in [-0.05, 0) is 84.3 Å². The number of carbonyl (C=O) groups is 2. The molecule has 4 heterocycles. The standard InChI is InChI=1S/C45H52N6O6S/c1-31(2)45(53)51-29-35-7-4-3-6-33(35)24-38(51)30-49-18-20-50(21-19-49)37-12-15-41(43(26-37)57-39-25-34-8-5-9-42(34)47-28-39)44(52)48-58(54,55)40-13-10-36(11-14-40)46-27-32-16-22-56-23-17-32/h3-8,10-15,25-26,28,31-32,38,46H,9,16-24,27,29-30H2,1-2H3,(H,48,52). The third kappa shape index (κ3) is 9.06. The van der Waals surface area contributed by atoms with Gasteiger partial charge in [0.15, 0.2) is 0 Å². The molecule has 1 atom stereocenters. The minimum atomic E-state index is -4.20. The van der Waals surface area contributed by atoms with Gasteiger partial charge in [0.1, 0.15) is 11.5 Å². The summed E-state index contributed by atoms with van der Waals surface area (Å²) in [5.74, 6) is 0.500. The molecule has 4 aliphatic rings. The molecular formula is C45H52N6O6S. The lowest BCUT2D eigenvalue weighted by Crippen LogP contribution is -2.55. The zero-order valence-corrected chi connectivity index (χ0v) is 34.0. The van der Waals surface area contributed by atoms with Crippen LogP contribution in [-0.2, 0) is 38.9 Å². The molecule has 2 N–H and O–H groups in total. The van der Waals surface area contributed by atoms with Gasteiger partial charge in [-0.15, -0.1) is 0 Å². The molecule has 1 aliphatic carbocycles. The van der Waals surface area contributed by atoms with Crippen LogP contribution in [0.2, 0.25) is 0 Å². The summed E-state index contributed by atoms with van der Waals surface area (Å²) in [6, 6.07) is 22.1. The van der Waals surface area contributed by atoms with Crippen molar-refractivity contribution in [3.8, 4) is 11.5 Å². The molecule has 1 unspecified atom stereocenters. The van der Waals surface area contributed by atoms with Crippen LogP contribution in [0, 0.1) is 11.8 Å². The highest BCUT2D eigenvalue weighted by Gasteiger charge is 2.33. The number of sulfonamides is 1. The van der Waals surface area contributed by atoms with Crippen LogP contribution < -0.4 is 19.7 Å². The monoisotopic (exact) mass is 804 g/mol. The zero-order valence-electron chi connectivity index (χ0n) is 33.2. The third-order valence-electron chi connectivity index (χ3n) is 11.7. The van der Waals surface area contributed by atoms with E-state index in [1.165, 1.54) is 23.3 Å². The fraction of sp³-hybridized carbons (Fsp3) is 0.400. The molecule has 3 aliphatic heterocycles. The van der Waals surface area contributed by atoms with Gasteiger partial charge in [-0.25, -0.2) is 13.1 Å². The molecule has 4 aromatic rings. The maximum absolute atomic E-state index is 13.8. The lowest BCUT2D eigenvalue weighted by molar-refractivity contribution is -0.138. The van der Waals surface area contributed by atoms with Gasteiger partial charge in [-0.1, -0.05) is 50.3 Å². The number of nitrogens with one attached hydrogen (secondary N) is 2. The number of benzene rings is 3. The Hall–Kier alpha value is -5.24. The molecule has 2 fully saturated rings. The van der Waals surface area contributed by atoms with Crippen LogP contribution in [0.4, 0.5) is 11.4 Å². The minimum Gasteiger partial charge on any atom is -0.455 e. The van der Waals surface area contributed by atoms with E-state index in [-0.39, 0.29) is 34.1 Å². The van der Waals surface area contributed by atoms with Crippen molar-refractivity contribution in [2.24, 2.45) is 11.8 Å². The van der Waals surface area contributed by atoms with Gasteiger partial charge in [0.2, 0.25) is 5.91 Å². The summed E-state index contributed by atoms with van der Waals surface area (Å²) in [6.45, 7) is 10.7. The van der Waals surface area contributed by atoms with Crippen molar-refractivity contribution >= 4 is 39.3 Å². The molecule has 12 nitrogen and oxygen atoms in total. The van der Waals surface area contributed by atoms with Gasteiger partial charge in [0, 0.05) is 94.8 Å². The summed E-state index contributed by atoms with van der Waals surface area (Å²) >= 11 is 0. The van der Waals surface area contributed by atoms with E-state index in [9.17, 15) is 18.0 Å². The van der Waals surface area contributed by atoms with Crippen LogP contribution in [0.3, 0.4) is 0 Å². The average molecular weight is 805 g/mol. The lowest BCUT2D eigenvalue weighted by atomic mass is 9.92. The first-order valence-corrected chi connectivity index (χ1v) is 21.9. The highest BCUT2D eigenvalue weighted by molar-refractivity contribution is 7.90. The van der Waals surface area contributed by atoms with Crippen molar-refractivity contribution in [2.75, 3.05) is 62.7 Å². The molecule has 8 rings (SSSR count). The predicted octanol–water partition coefficient (Wildman–Crippen LogP) is 6.13. The van der Waals surface area contributed by atoms with Crippen LogP contribution in [-0.4, -0.2) is 93.5 Å². The Kier molecular flexibility index (Phi) is 11.8. The quantitative estimate of drug-likeness (QED) is 0.172. The van der Waals surface area contributed by atoms with E-state index in [0.29, 0.717) is 18.2 Å². The van der Waals surface area contributed by atoms with E-state index < -0.39 is 15.9 Å². The number of anilines is 2. The van der Waals surface area contributed by atoms with Crippen molar-refractivity contribution < 1.29 is 27.5 Å². The third-order valence-corrected chi connectivity index (χ3v) is 13.0. The first kappa shape index (κ1) is 39.6. The minimum absolute atomic E-state index is 0.0156.